The molecule has 0 aromatic heterocycles. The van der Waals surface area contributed by atoms with Crippen LogP contribution in [0.4, 0.5) is 4.39 Å². The highest BCUT2D eigenvalue weighted by Crippen LogP contribution is 2.05. The average molecular weight is 239 g/mol. The van der Waals surface area contributed by atoms with E-state index in [0.717, 1.165) is 6.54 Å². The number of hydrogen-bond donors (Lipinski definition) is 1. The molecule has 0 fully saturated rings. The lowest BCUT2D eigenvalue weighted by atomic mass is 10.1. The van der Waals surface area contributed by atoms with E-state index in [1.165, 1.54) is 24.3 Å². The van der Waals surface area contributed by atoms with Crippen LogP contribution in [0.15, 0.2) is 24.3 Å². The van der Waals surface area contributed by atoms with Gasteiger partial charge in [-0.3, -0.25) is 9.69 Å². The SMILES string of the molecule is CCN(CCCO)CC(=O)c1ccc(F)cc1. The summed E-state index contributed by atoms with van der Waals surface area (Å²) in [7, 11) is 0. The summed E-state index contributed by atoms with van der Waals surface area (Å²) in [5.41, 5.74) is 0.522. The van der Waals surface area contributed by atoms with E-state index in [4.69, 9.17) is 5.11 Å². The molecule has 3 nitrogen and oxygen atoms in total. The lowest BCUT2D eigenvalue weighted by Crippen LogP contribution is -2.31. The van der Waals surface area contributed by atoms with Crippen LogP contribution < -0.4 is 0 Å². The number of likely N-dealkylation sites (N-methyl/N-ethyl adjacent to an activating group) is 1. The molecule has 0 unspecified atom stereocenters. The normalized spacial score (nSPS) is 10.8. The van der Waals surface area contributed by atoms with E-state index in [1.54, 1.807) is 0 Å². The maximum atomic E-state index is 12.7. The minimum atomic E-state index is -0.339. The Balaban J connectivity index is 2.54. The van der Waals surface area contributed by atoms with Crippen LogP contribution in [0, 0.1) is 5.82 Å². The van der Waals surface area contributed by atoms with Crippen LogP contribution in [0.3, 0.4) is 0 Å². The van der Waals surface area contributed by atoms with E-state index in [0.29, 0.717) is 25.1 Å². The predicted molar refractivity (Wildman–Crippen MR) is 64.5 cm³/mol. The molecule has 0 spiro atoms. The van der Waals surface area contributed by atoms with Crippen molar-refractivity contribution in [3.63, 3.8) is 0 Å². The number of carbonyl (C=O) groups is 1. The Morgan fingerprint density at radius 2 is 2.00 bits per heavy atom. The summed E-state index contributed by atoms with van der Waals surface area (Å²) in [5, 5.41) is 8.74. The number of rotatable bonds is 7. The summed E-state index contributed by atoms with van der Waals surface area (Å²) in [6, 6.07) is 5.57. The number of ketones is 1. The number of hydrogen-bond acceptors (Lipinski definition) is 3. The highest BCUT2D eigenvalue weighted by molar-refractivity contribution is 5.97. The third-order valence-electron chi connectivity index (χ3n) is 2.61. The van der Waals surface area contributed by atoms with Gasteiger partial charge in [-0.25, -0.2) is 4.39 Å². The molecule has 17 heavy (non-hydrogen) atoms. The molecule has 0 aliphatic rings. The van der Waals surface area contributed by atoms with Gasteiger partial charge in [0.1, 0.15) is 5.82 Å². The van der Waals surface area contributed by atoms with Crippen LogP contribution in [0.2, 0.25) is 0 Å². The van der Waals surface area contributed by atoms with Crippen LogP contribution in [-0.2, 0) is 0 Å². The van der Waals surface area contributed by atoms with E-state index in [9.17, 15) is 9.18 Å². The minimum absolute atomic E-state index is 0.0233. The number of halogens is 1. The maximum absolute atomic E-state index is 12.7. The van der Waals surface area contributed by atoms with Gasteiger partial charge in [-0.05, 0) is 37.2 Å². The zero-order chi connectivity index (χ0) is 12.7. The van der Waals surface area contributed by atoms with E-state index in [2.05, 4.69) is 0 Å². The number of nitrogens with zero attached hydrogens (tertiary/aromatic N) is 1. The number of aliphatic hydroxyl groups is 1. The summed E-state index contributed by atoms with van der Waals surface area (Å²) < 4.78 is 12.7. The topological polar surface area (TPSA) is 40.5 Å². The molecular formula is C13H18FNO2. The summed E-state index contributed by atoms with van der Waals surface area (Å²) in [5.74, 6) is -0.362. The van der Waals surface area contributed by atoms with Crippen LogP contribution in [0.25, 0.3) is 0 Å². The van der Waals surface area contributed by atoms with Crippen molar-refractivity contribution in [3.05, 3.63) is 35.6 Å². The Hall–Kier alpha value is -1.26. The third kappa shape index (κ3) is 4.63. The second-order valence-electron chi connectivity index (χ2n) is 3.88. The quantitative estimate of drug-likeness (QED) is 0.736. The van der Waals surface area contributed by atoms with E-state index >= 15 is 0 Å². The van der Waals surface area contributed by atoms with Crippen molar-refractivity contribution in [2.24, 2.45) is 0 Å². The monoisotopic (exact) mass is 239 g/mol. The van der Waals surface area contributed by atoms with Crippen LogP contribution in [0.5, 0.6) is 0 Å². The molecule has 0 aliphatic carbocycles. The van der Waals surface area contributed by atoms with E-state index < -0.39 is 0 Å². The molecule has 0 radical (unpaired) electrons. The Kier molecular flexibility index (Phi) is 5.80. The standard InChI is InChI=1S/C13H18FNO2/c1-2-15(8-3-9-16)10-13(17)11-4-6-12(14)7-5-11/h4-7,16H,2-3,8-10H2,1H3. The predicted octanol–water partition coefficient (Wildman–Crippen LogP) is 1.71. The maximum Gasteiger partial charge on any atom is 0.176 e. The van der Waals surface area contributed by atoms with Crippen molar-refractivity contribution < 1.29 is 14.3 Å². The molecule has 0 heterocycles. The molecule has 1 rings (SSSR count). The van der Waals surface area contributed by atoms with Gasteiger partial charge in [0.15, 0.2) is 5.78 Å². The van der Waals surface area contributed by atoms with Gasteiger partial charge >= 0.3 is 0 Å². The molecule has 1 N–H and O–H groups in total. The van der Waals surface area contributed by atoms with Crippen LogP contribution >= 0.6 is 0 Å². The first kappa shape index (κ1) is 13.8. The highest BCUT2D eigenvalue weighted by atomic mass is 19.1. The van der Waals surface area contributed by atoms with Gasteiger partial charge in [0, 0.05) is 18.7 Å². The molecule has 0 atom stereocenters. The zero-order valence-electron chi connectivity index (χ0n) is 10.0. The number of Topliss-reactive ketones (excluding diaryl/α,β-unsaturated/α-hetero) is 1. The van der Waals surface area contributed by atoms with E-state index in [1.807, 2.05) is 11.8 Å². The Morgan fingerprint density at radius 3 is 2.53 bits per heavy atom. The fraction of sp³-hybridized carbons (Fsp3) is 0.462. The van der Waals surface area contributed by atoms with Gasteiger partial charge < -0.3 is 5.11 Å². The van der Waals surface area contributed by atoms with Gasteiger partial charge in [-0.15, -0.1) is 0 Å². The van der Waals surface area contributed by atoms with Gasteiger partial charge in [0.05, 0.1) is 6.54 Å². The van der Waals surface area contributed by atoms with Gasteiger partial charge in [-0.2, -0.15) is 0 Å². The van der Waals surface area contributed by atoms with Crippen molar-refractivity contribution in [2.45, 2.75) is 13.3 Å². The highest BCUT2D eigenvalue weighted by Gasteiger charge is 2.10. The molecule has 0 saturated carbocycles. The first-order valence-electron chi connectivity index (χ1n) is 5.79. The number of benzene rings is 1. The third-order valence-corrected chi connectivity index (χ3v) is 2.61. The largest absolute Gasteiger partial charge is 0.396 e. The van der Waals surface area contributed by atoms with Crippen molar-refractivity contribution >= 4 is 5.78 Å². The summed E-state index contributed by atoms with van der Waals surface area (Å²) in [6.45, 7) is 3.85. The number of carbonyl (C=O) groups excluding carboxylic acids is 1. The lowest BCUT2D eigenvalue weighted by molar-refractivity contribution is 0.0928. The average Bonchev–Trinajstić information content (AvgIpc) is 2.35. The zero-order valence-corrected chi connectivity index (χ0v) is 10.0. The van der Waals surface area contributed by atoms with Crippen molar-refractivity contribution in [3.8, 4) is 0 Å². The molecule has 0 amide bonds. The minimum Gasteiger partial charge on any atom is -0.396 e. The van der Waals surface area contributed by atoms with Crippen molar-refractivity contribution in [2.75, 3.05) is 26.2 Å². The molecule has 1 aromatic rings. The van der Waals surface area contributed by atoms with Gasteiger partial charge in [-0.1, -0.05) is 6.92 Å². The summed E-state index contributed by atoms with van der Waals surface area (Å²) in [6.07, 6.45) is 0.657. The van der Waals surface area contributed by atoms with Crippen molar-refractivity contribution in [1.82, 2.24) is 4.90 Å². The second-order valence-corrected chi connectivity index (χ2v) is 3.88. The smallest absolute Gasteiger partial charge is 0.176 e. The fourth-order valence-electron chi connectivity index (χ4n) is 1.57. The molecular weight excluding hydrogens is 221 g/mol. The lowest BCUT2D eigenvalue weighted by Gasteiger charge is -2.18. The number of aliphatic hydroxyl groups excluding tert-OH is 1. The Morgan fingerprint density at radius 1 is 1.35 bits per heavy atom. The summed E-state index contributed by atoms with van der Waals surface area (Å²) >= 11 is 0. The summed E-state index contributed by atoms with van der Waals surface area (Å²) in [4.78, 5) is 13.8. The Bertz CT molecular complexity index is 351. The Labute approximate surface area is 101 Å². The molecule has 1 aromatic carbocycles. The molecule has 0 bridgehead atoms. The van der Waals surface area contributed by atoms with Crippen molar-refractivity contribution in [1.29, 1.82) is 0 Å². The first-order chi connectivity index (χ1) is 8.17. The van der Waals surface area contributed by atoms with Gasteiger partial charge in [0.25, 0.3) is 0 Å². The molecule has 0 saturated heterocycles. The first-order valence-corrected chi connectivity index (χ1v) is 5.79. The van der Waals surface area contributed by atoms with Gasteiger partial charge in [0.2, 0.25) is 0 Å². The van der Waals surface area contributed by atoms with Crippen LogP contribution in [-0.4, -0.2) is 42.0 Å². The van der Waals surface area contributed by atoms with E-state index in [-0.39, 0.29) is 18.2 Å². The molecule has 4 heteroatoms. The molecule has 0 aliphatic heterocycles. The fourth-order valence-corrected chi connectivity index (χ4v) is 1.57. The molecule has 94 valence electrons. The van der Waals surface area contributed by atoms with Crippen LogP contribution in [0.1, 0.15) is 23.7 Å². The second kappa shape index (κ2) is 7.14.